The van der Waals surface area contributed by atoms with Crippen LogP contribution < -0.4 is 15.4 Å². The largest absolute Gasteiger partial charge is 0.491 e. The molecule has 0 bridgehead atoms. The maximum Gasteiger partial charge on any atom is 0.319 e. The summed E-state index contributed by atoms with van der Waals surface area (Å²) in [6.45, 7) is 5.56. The maximum atomic E-state index is 12.0. The fourth-order valence-corrected chi connectivity index (χ4v) is 2.74. The van der Waals surface area contributed by atoms with Crippen LogP contribution in [0.2, 0.25) is 0 Å². The number of aromatic nitrogens is 2. The van der Waals surface area contributed by atoms with E-state index in [0.717, 1.165) is 47.8 Å². The zero-order valence-corrected chi connectivity index (χ0v) is 14.6. The molecule has 1 saturated heterocycles. The topological polar surface area (TPSA) is 88.3 Å². The lowest BCUT2D eigenvalue weighted by Gasteiger charge is -2.12. The van der Waals surface area contributed by atoms with E-state index in [1.54, 1.807) is 0 Å². The van der Waals surface area contributed by atoms with Gasteiger partial charge in [-0.15, -0.1) is 0 Å². The van der Waals surface area contributed by atoms with Crippen LogP contribution in [0.15, 0.2) is 24.3 Å². The Morgan fingerprint density at radius 1 is 1.36 bits per heavy atom. The molecule has 7 heteroatoms. The van der Waals surface area contributed by atoms with Gasteiger partial charge in [0.05, 0.1) is 23.2 Å². The molecular formula is C18H24N4O3. The number of nitrogens with one attached hydrogen (secondary N) is 3. The summed E-state index contributed by atoms with van der Waals surface area (Å²) < 4.78 is 11.3. The van der Waals surface area contributed by atoms with Gasteiger partial charge in [0.25, 0.3) is 0 Å². The van der Waals surface area contributed by atoms with Gasteiger partial charge in [0.2, 0.25) is 0 Å². The Morgan fingerprint density at radius 2 is 2.16 bits per heavy atom. The average Bonchev–Trinajstić information content (AvgIpc) is 3.24. The van der Waals surface area contributed by atoms with Gasteiger partial charge in [-0.3, -0.25) is 5.10 Å². The molecule has 2 heterocycles. The molecular weight excluding hydrogens is 320 g/mol. The van der Waals surface area contributed by atoms with Crippen LogP contribution in [-0.4, -0.2) is 35.5 Å². The number of carbonyl (C=O) groups excluding carboxylic acids is 1. The third kappa shape index (κ3) is 4.73. The van der Waals surface area contributed by atoms with Crippen LogP contribution in [0, 0.1) is 13.8 Å². The van der Waals surface area contributed by atoms with Gasteiger partial charge >= 0.3 is 6.03 Å². The second-order valence-corrected chi connectivity index (χ2v) is 6.21. The van der Waals surface area contributed by atoms with Crippen molar-refractivity contribution >= 4 is 11.7 Å². The smallest absolute Gasteiger partial charge is 0.319 e. The zero-order valence-electron chi connectivity index (χ0n) is 14.6. The van der Waals surface area contributed by atoms with E-state index in [4.69, 9.17) is 9.47 Å². The first-order valence-electron chi connectivity index (χ1n) is 8.51. The van der Waals surface area contributed by atoms with Crippen molar-refractivity contribution in [2.24, 2.45) is 0 Å². The number of benzene rings is 1. The summed E-state index contributed by atoms with van der Waals surface area (Å²) in [5.41, 5.74) is 3.32. The molecule has 1 aromatic carbocycles. The average molecular weight is 344 g/mol. The van der Waals surface area contributed by atoms with Crippen LogP contribution in [-0.2, 0) is 11.3 Å². The molecule has 2 aromatic rings. The van der Waals surface area contributed by atoms with Crippen molar-refractivity contribution in [3.63, 3.8) is 0 Å². The lowest BCUT2D eigenvalue weighted by atomic mass is 10.2. The molecule has 0 spiro atoms. The summed E-state index contributed by atoms with van der Waals surface area (Å²) in [6, 6.07) is 7.45. The number of carbonyl (C=O) groups is 1. The molecule has 3 N–H and O–H groups in total. The summed E-state index contributed by atoms with van der Waals surface area (Å²) in [4.78, 5) is 12.0. The van der Waals surface area contributed by atoms with Crippen LogP contribution in [0.1, 0.15) is 29.8 Å². The van der Waals surface area contributed by atoms with Crippen molar-refractivity contribution in [2.45, 2.75) is 39.3 Å². The highest BCUT2D eigenvalue weighted by atomic mass is 16.5. The van der Waals surface area contributed by atoms with Gasteiger partial charge in [-0.1, -0.05) is 12.1 Å². The van der Waals surface area contributed by atoms with E-state index in [0.29, 0.717) is 13.2 Å². The fourth-order valence-electron chi connectivity index (χ4n) is 2.74. The molecule has 7 nitrogen and oxygen atoms in total. The van der Waals surface area contributed by atoms with E-state index in [2.05, 4.69) is 20.8 Å². The standard InChI is InChI=1S/C18H24N4O3/c1-12-17(13(2)22-21-12)20-18(23)19-10-14-5-7-15(8-6-14)25-11-16-4-3-9-24-16/h5-8,16H,3-4,9-11H2,1-2H3,(H,21,22)(H2,19,20,23). The molecule has 3 rings (SSSR count). The molecule has 0 saturated carbocycles. The van der Waals surface area contributed by atoms with Crippen LogP contribution >= 0.6 is 0 Å². The highest BCUT2D eigenvalue weighted by Crippen LogP contribution is 2.17. The summed E-state index contributed by atoms with van der Waals surface area (Å²) in [5, 5.41) is 12.5. The lowest BCUT2D eigenvalue weighted by Crippen LogP contribution is -2.28. The minimum Gasteiger partial charge on any atom is -0.491 e. The molecule has 25 heavy (non-hydrogen) atoms. The number of rotatable bonds is 6. The first kappa shape index (κ1) is 17.3. The van der Waals surface area contributed by atoms with E-state index in [9.17, 15) is 4.79 Å². The van der Waals surface area contributed by atoms with Gasteiger partial charge in [-0.25, -0.2) is 4.79 Å². The van der Waals surface area contributed by atoms with Crippen molar-refractivity contribution in [3.05, 3.63) is 41.2 Å². The summed E-state index contributed by atoms with van der Waals surface area (Å²) in [7, 11) is 0. The number of amides is 2. The van der Waals surface area contributed by atoms with Gasteiger partial charge in [-0.2, -0.15) is 5.10 Å². The summed E-state index contributed by atoms with van der Waals surface area (Å²) >= 11 is 0. The van der Waals surface area contributed by atoms with Gasteiger partial charge < -0.3 is 20.1 Å². The van der Waals surface area contributed by atoms with E-state index in [1.807, 2.05) is 38.1 Å². The van der Waals surface area contributed by atoms with Crippen molar-refractivity contribution in [2.75, 3.05) is 18.5 Å². The molecule has 2 amide bonds. The zero-order chi connectivity index (χ0) is 17.6. The minimum absolute atomic E-state index is 0.208. The number of aromatic amines is 1. The monoisotopic (exact) mass is 344 g/mol. The molecule has 1 aliphatic heterocycles. The number of nitrogens with zero attached hydrogens (tertiary/aromatic N) is 1. The minimum atomic E-state index is -0.258. The number of hydrogen-bond donors (Lipinski definition) is 3. The Kier molecular flexibility index (Phi) is 5.55. The van der Waals surface area contributed by atoms with Gasteiger partial charge in [0, 0.05) is 13.2 Å². The lowest BCUT2D eigenvalue weighted by molar-refractivity contribution is 0.0679. The third-order valence-corrected chi connectivity index (χ3v) is 4.20. The Hall–Kier alpha value is -2.54. The first-order chi connectivity index (χ1) is 12.1. The molecule has 1 atom stereocenters. The molecule has 134 valence electrons. The van der Waals surface area contributed by atoms with Crippen LogP contribution in [0.5, 0.6) is 5.75 Å². The van der Waals surface area contributed by atoms with E-state index in [-0.39, 0.29) is 12.1 Å². The van der Waals surface area contributed by atoms with Gasteiger partial charge in [0.15, 0.2) is 0 Å². The molecule has 1 aromatic heterocycles. The molecule has 0 aliphatic carbocycles. The van der Waals surface area contributed by atoms with Crippen LogP contribution in [0.4, 0.5) is 10.5 Å². The number of anilines is 1. The Bertz CT molecular complexity index is 686. The number of H-pyrrole nitrogens is 1. The summed E-state index contributed by atoms with van der Waals surface area (Å²) in [5.74, 6) is 0.813. The van der Waals surface area contributed by atoms with Crippen LogP contribution in [0.3, 0.4) is 0 Å². The van der Waals surface area contributed by atoms with E-state index < -0.39 is 0 Å². The quantitative estimate of drug-likeness (QED) is 0.752. The normalized spacial score (nSPS) is 16.6. The van der Waals surface area contributed by atoms with Crippen LogP contribution in [0.25, 0.3) is 0 Å². The highest BCUT2D eigenvalue weighted by Gasteiger charge is 2.16. The number of ether oxygens (including phenoxy) is 2. The van der Waals surface area contributed by atoms with E-state index >= 15 is 0 Å². The second-order valence-electron chi connectivity index (χ2n) is 6.21. The van der Waals surface area contributed by atoms with Gasteiger partial charge in [-0.05, 0) is 44.4 Å². The Balaban J connectivity index is 1.44. The molecule has 1 aliphatic rings. The first-order valence-corrected chi connectivity index (χ1v) is 8.51. The number of urea groups is 1. The number of aryl methyl sites for hydroxylation is 2. The van der Waals surface area contributed by atoms with Gasteiger partial charge in [0.1, 0.15) is 12.4 Å². The van der Waals surface area contributed by atoms with Crippen molar-refractivity contribution in [3.8, 4) is 5.75 Å². The Morgan fingerprint density at radius 3 is 2.80 bits per heavy atom. The molecule has 1 fully saturated rings. The van der Waals surface area contributed by atoms with Crippen molar-refractivity contribution < 1.29 is 14.3 Å². The highest BCUT2D eigenvalue weighted by molar-refractivity contribution is 5.90. The summed E-state index contributed by atoms with van der Waals surface area (Å²) in [6.07, 6.45) is 2.38. The predicted molar refractivity (Wildman–Crippen MR) is 94.8 cm³/mol. The maximum absolute atomic E-state index is 12.0. The molecule has 1 unspecified atom stereocenters. The third-order valence-electron chi connectivity index (χ3n) is 4.20. The number of hydrogen-bond acceptors (Lipinski definition) is 4. The van der Waals surface area contributed by atoms with Crippen molar-refractivity contribution in [1.29, 1.82) is 0 Å². The second kappa shape index (κ2) is 8.02. The SMILES string of the molecule is Cc1n[nH]c(C)c1NC(=O)NCc1ccc(OCC2CCCO2)cc1. The Labute approximate surface area is 147 Å². The van der Waals surface area contributed by atoms with Crippen molar-refractivity contribution in [1.82, 2.24) is 15.5 Å². The molecule has 0 radical (unpaired) electrons. The fraction of sp³-hybridized carbons (Fsp3) is 0.444. The van der Waals surface area contributed by atoms with E-state index in [1.165, 1.54) is 0 Å². The predicted octanol–water partition coefficient (Wildman–Crippen LogP) is 2.91.